The number of nitrogens with one attached hydrogen (secondary N) is 1. The minimum atomic E-state index is -0.368. The number of nitriles is 1. The molecule has 1 N–H and O–H groups in total. The van der Waals surface area contributed by atoms with Crippen LogP contribution in [0.3, 0.4) is 0 Å². The number of rotatable bonds is 8. The zero-order chi connectivity index (χ0) is 14.3. The van der Waals surface area contributed by atoms with Crippen LogP contribution >= 0.6 is 0 Å². The molecule has 0 fully saturated rings. The van der Waals surface area contributed by atoms with Gasteiger partial charge in [-0.2, -0.15) is 5.26 Å². The Morgan fingerprint density at radius 3 is 2.74 bits per heavy atom. The molecule has 0 aliphatic rings. The second-order valence-corrected chi connectivity index (χ2v) is 5.31. The molecule has 0 saturated carbocycles. The molecule has 1 heterocycles. The van der Waals surface area contributed by atoms with Crippen molar-refractivity contribution in [3.05, 3.63) is 18.2 Å². The number of hydrogen-bond acceptors (Lipinski definition) is 3. The number of hydrogen-bond donors (Lipinski definition) is 1. The third-order valence-electron chi connectivity index (χ3n) is 3.60. The molecule has 19 heavy (non-hydrogen) atoms. The maximum absolute atomic E-state index is 9.38. The summed E-state index contributed by atoms with van der Waals surface area (Å²) in [5.41, 5.74) is -0.368. The predicted molar refractivity (Wildman–Crippen MR) is 77.9 cm³/mol. The highest BCUT2D eigenvalue weighted by atomic mass is 15.1. The molecular formula is C15H26N4. The van der Waals surface area contributed by atoms with Crippen LogP contribution in [0.4, 0.5) is 0 Å². The Hall–Kier alpha value is -1.34. The van der Waals surface area contributed by atoms with Gasteiger partial charge in [0.05, 0.1) is 6.07 Å². The molecule has 1 aromatic heterocycles. The van der Waals surface area contributed by atoms with Crippen molar-refractivity contribution in [3.8, 4) is 6.07 Å². The number of imidazole rings is 1. The summed E-state index contributed by atoms with van der Waals surface area (Å²) in [7, 11) is 0. The second kappa shape index (κ2) is 7.30. The topological polar surface area (TPSA) is 53.6 Å². The van der Waals surface area contributed by atoms with Gasteiger partial charge >= 0.3 is 0 Å². The molecule has 0 bridgehead atoms. The molecule has 0 aliphatic heterocycles. The molecule has 106 valence electrons. The quantitative estimate of drug-likeness (QED) is 0.783. The summed E-state index contributed by atoms with van der Waals surface area (Å²) in [6, 6.07) is 2.45. The highest BCUT2D eigenvalue weighted by Crippen LogP contribution is 2.18. The van der Waals surface area contributed by atoms with Crippen LogP contribution in [0.15, 0.2) is 12.4 Å². The summed E-state index contributed by atoms with van der Waals surface area (Å²) in [5.74, 6) is 1.57. The van der Waals surface area contributed by atoms with Gasteiger partial charge in [-0.25, -0.2) is 4.98 Å². The molecule has 4 nitrogen and oxygen atoms in total. The zero-order valence-electron chi connectivity index (χ0n) is 12.6. The van der Waals surface area contributed by atoms with E-state index in [-0.39, 0.29) is 5.54 Å². The van der Waals surface area contributed by atoms with Gasteiger partial charge in [0.15, 0.2) is 0 Å². The molecule has 1 atom stereocenters. The van der Waals surface area contributed by atoms with Crippen molar-refractivity contribution >= 4 is 0 Å². The van der Waals surface area contributed by atoms with Gasteiger partial charge in [0.2, 0.25) is 0 Å². The molecule has 0 spiro atoms. The summed E-state index contributed by atoms with van der Waals surface area (Å²) in [4.78, 5) is 4.39. The Bertz CT molecular complexity index is 416. The molecule has 0 aliphatic carbocycles. The van der Waals surface area contributed by atoms with Gasteiger partial charge in [0, 0.05) is 24.9 Å². The first kappa shape index (κ1) is 15.7. The Kier molecular flexibility index (Phi) is 6.04. The lowest BCUT2D eigenvalue weighted by Gasteiger charge is -2.26. The fraction of sp³-hybridized carbons (Fsp3) is 0.733. The molecule has 1 unspecified atom stereocenters. The fourth-order valence-electron chi connectivity index (χ4n) is 2.46. The van der Waals surface area contributed by atoms with Crippen molar-refractivity contribution in [1.82, 2.24) is 14.9 Å². The van der Waals surface area contributed by atoms with E-state index >= 15 is 0 Å². The number of aryl methyl sites for hydroxylation is 1. The van der Waals surface area contributed by atoms with Crippen molar-refractivity contribution in [1.29, 1.82) is 5.26 Å². The van der Waals surface area contributed by atoms with Crippen LogP contribution in [0.2, 0.25) is 0 Å². The smallest absolute Gasteiger partial charge is 0.111 e. The highest BCUT2D eigenvalue weighted by molar-refractivity contribution is 5.06. The van der Waals surface area contributed by atoms with Crippen LogP contribution in [0.1, 0.15) is 58.7 Å². The third kappa shape index (κ3) is 4.07. The summed E-state index contributed by atoms with van der Waals surface area (Å²) < 4.78 is 2.20. The molecule has 0 radical (unpaired) electrons. The lowest BCUT2D eigenvalue weighted by Crippen LogP contribution is -2.43. The normalized spacial score (nSPS) is 14.3. The van der Waals surface area contributed by atoms with E-state index in [4.69, 9.17) is 0 Å². The third-order valence-corrected chi connectivity index (χ3v) is 3.60. The van der Waals surface area contributed by atoms with Gasteiger partial charge in [-0.3, -0.25) is 5.32 Å². The molecule has 1 rings (SSSR count). The van der Waals surface area contributed by atoms with Crippen LogP contribution in [-0.4, -0.2) is 21.6 Å². The van der Waals surface area contributed by atoms with Crippen LogP contribution < -0.4 is 5.32 Å². The maximum atomic E-state index is 9.38. The fourth-order valence-corrected chi connectivity index (χ4v) is 2.46. The Balaban J connectivity index is 2.57. The SMILES string of the molecule is CCNC(C#N)(CC)CCCn1ccnc1C(C)C. The van der Waals surface area contributed by atoms with Gasteiger partial charge in [-0.1, -0.05) is 27.7 Å². The van der Waals surface area contributed by atoms with E-state index in [0.717, 1.165) is 38.2 Å². The maximum Gasteiger partial charge on any atom is 0.111 e. The molecule has 0 aromatic carbocycles. The Morgan fingerprint density at radius 2 is 2.21 bits per heavy atom. The summed E-state index contributed by atoms with van der Waals surface area (Å²) in [5, 5.41) is 12.7. The highest BCUT2D eigenvalue weighted by Gasteiger charge is 2.25. The van der Waals surface area contributed by atoms with Gasteiger partial charge in [0.25, 0.3) is 0 Å². The van der Waals surface area contributed by atoms with Crippen LogP contribution in [-0.2, 0) is 6.54 Å². The lowest BCUT2D eigenvalue weighted by molar-refractivity contribution is 0.361. The van der Waals surface area contributed by atoms with Crippen LogP contribution in [0.25, 0.3) is 0 Å². The minimum absolute atomic E-state index is 0.368. The van der Waals surface area contributed by atoms with E-state index in [0.29, 0.717) is 5.92 Å². The van der Waals surface area contributed by atoms with Crippen molar-refractivity contribution in [2.75, 3.05) is 6.54 Å². The number of nitrogens with zero attached hydrogens (tertiary/aromatic N) is 3. The van der Waals surface area contributed by atoms with Crippen molar-refractivity contribution in [3.63, 3.8) is 0 Å². The largest absolute Gasteiger partial charge is 0.335 e. The Morgan fingerprint density at radius 1 is 1.47 bits per heavy atom. The summed E-state index contributed by atoms with van der Waals surface area (Å²) in [6.07, 6.45) is 6.60. The molecule has 0 saturated heterocycles. The van der Waals surface area contributed by atoms with Gasteiger partial charge in [0.1, 0.15) is 11.4 Å². The first-order valence-electron chi connectivity index (χ1n) is 7.26. The van der Waals surface area contributed by atoms with E-state index < -0.39 is 0 Å². The van der Waals surface area contributed by atoms with Crippen molar-refractivity contribution in [2.24, 2.45) is 0 Å². The van der Waals surface area contributed by atoms with E-state index in [1.807, 2.05) is 12.4 Å². The summed E-state index contributed by atoms with van der Waals surface area (Å²) in [6.45, 7) is 10.2. The average Bonchev–Trinajstić information content (AvgIpc) is 2.86. The first-order chi connectivity index (χ1) is 9.08. The zero-order valence-corrected chi connectivity index (χ0v) is 12.6. The first-order valence-corrected chi connectivity index (χ1v) is 7.26. The minimum Gasteiger partial charge on any atom is -0.335 e. The average molecular weight is 262 g/mol. The molecule has 1 aromatic rings. The van der Waals surface area contributed by atoms with Crippen LogP contribution in [0.5, 0.6) is 0 Å². The number of aromatic nitrogens is 2. The molecule has 4 heteroatoms. The van der Waals surface area contributed by atoms with E-state index in [1.54, 1.807) is 0 Å². The lowest BCUT2D eigenvalue weighted by atomic mass is 9.92. The standard InChI is InChI=1S/C15H26N4/c1-5-15(12-16,18-6-2)8-7-10-19-11-9-17-14(19)13(3)4/h9,11,13,18H,5-8,10H2,1-4H3. The van der Waals surface area contributed by atoms with Gasteiger partial charge < -0.3 is 4.57 Å². The van der Waals surface area contributed by atoms with Crippen molar-refractivity contribution in [2.45, 2.75) is 65.0 Å². The van der Waals surface area contributed by atoms with Crippen LogP contribution in [0, 0.1) is 11.3 Å². The van der Waals surface area contributed by atoms with Gasteiger partial charge in [-0.15, -0.1) is 0 Å². The Labute approximate surface area is 116 Å². The predicted octanol–water partition coefficient (Wildman–Crippen LogP) is 3.07. The molecular weight excluding hydrogens is 236 g/mol. The second-order valence-electron chi connectivity index (χ2n) is 5.31. The van der Waals surface area contributed by atoms with E-state index in [9.17, 15) is 5.26 Å². The van der Waals surface area contributed by atoms with Crippen molar-refractivity contribution < 1.29 is 0 Å². The van der Waals surface area contributed by atoms with Gasteiger partial charge in [-0.05, 0) is 25.8 Å². The summed E-state index contributed by atoms with van der Waals surface area (Å²) >= 11 is 0. The molecule has 0 amide bonds. The van der Waals surface area contributed by atoms with E-state index in [2.05, 4.69) is 48.6 Å². The van der Waals surface area contributed by atoms with E-state index in [1.165, 1.54) is 0 Å². The monoisotopic (exact) mass is 262 g/mol.